The number of nitrogens with one attached hydrogen (secondary N) is 1. The average molecular weight is 444 g/mol. The molecule has 1 aromatic carbocycles. The van der Waals surface area contributed by atoms with Crippen molar-refractivity contribution in [3.05, 3.63) is 51.4 Å². The molecule has 1 amide bonds. The maximum absolute atomic E-state index is 12.5. The molecule has 2 aromatic rings. The van der Waals surface area contributed by atoms with Crippen LogP contribution in [0.15, 0.2) is 35.3 Å². The van der Waals surface area contributed by atoms with Gasteiger partial charge in [-0.3, -0.25) is 14.5 Å². The van der Waals surface area contributed by atoms with Crippen LogP contribution >= 0.6 is 11.6 Å². The Balaban J connectivity index is 1.58. The van der Waals surface area contributed by atoms with Crippen molar-refractivity contribution in [2.24, 2.45) is 0 Å². The molecule has 7 nitrogen and oxygen atoms in total. The van der Waals surface area contributed by atoms with E-state index in [9.17, 15) is 22.8 Å². The molecule has 1 saturated heterocycles. The van der Waals surface area contributed by atoms with Gasteiger partial charge in [0.25, 0.3) is 5.56 Å². The number of benzene rings is 1. The fourth-order valence-electron chi connectivity index (χ4n) is 3.21. The number of amides is 1. The van der Waals surface area contributed by atoms with Crippen LogP contribution in [0.4, 0.5) is 24.5 Å². The van der Waals surface area contributed by atoms with Crippen molar-refractivity contribution >= 4 is 28.9 Å². The summed E-state index contributed by atoms with van der Waals surface area (Å²) in [5.41, 5.74) is 1.05. The highest BCUT2D eigenvalue weighted by Crippen LogP contribution is 2.23. The van der Waals surface area contributed by atoms with Gasteiger partial charge >= 0.3 is 6.18 Å². The van der Waals surface area contributed by atoms with Gasteiger partial charge in [0.1, 0.15) is 11.6 Å². The number of anilines is 2. The lowest BCUT2D eigenvalue weighted by Crippen LogP contribution is -2.49. The van der Waals surface area contributed by atoms with E-state index in [1.165, 1.54) is 6.20 Å². The van der Waals surface area contributed by atoms with Gasteiger partial charge in [-0.25, -0.2) is 4.68 Å². The first-order valence-electron chi connectivity index (χ1n) is 9.29. The summed E-state index contributed by atoms with van der Waals surface area (Å²) in [6, 6.07) is 7.49. The Labute approximate surface area is 176 Å². The van der Waals surface area contributed by atoms with E-state index >= 15 is 0 Å². The van der Waals surface area contributed by atoms with Crippen LogP contribution in [-0.4, -0.2) is 59.5 Å². The van der Waals surface area contributed by atoms with E-state index in [4.69, 9.17) is 11.6 Å². The Morgan fingerprint density at radius 3 is 2.50 bits per heavy atom. The summed E-state index contributed by atoms with van der Waals surface area (Å²) >= 11 is 6.03. The maximum atomic E-state index is 12.5. The number of hydrogen-bond donors (Lipinski definition) is 1. The first-order chi connectivity index (χ1) is 14.1. The third-order valence-corrected chi connectivity index (χ3v) is 5.15. The molecule has 0 unspecified atom stereocenters. The minimum absolute atomic E-state index is 0.132. The van der Waals surface area contributed by atoms with Crippen molar-refractivity contribution in [1.82, 2.24) is 14.7 Å². The highest BCUT2D eigenvalue weighted by molar-refractivity contribution is 6.33. The molecule has 0 atom stereocenters. The zero-order chi connectivity index (χ0) is 21.9. The number of halogens is 4. The van der Waals surface area contributed by atoms with E-state index in [-0.39, 0.29) is 17.5 Å². The second-order valence-corrected chi connectivity index (χ2v) is 7.43. The number of rotatable bonds is 5. The Morgan fingerprint density at radius 1 is 1.20 bits per heavy atom. The van der Waals surface area contributed by atoms with Gasteiger partial charge in [0.15, 0.2) is 0 Å². The van der Waals surface area contributed by atoms with E-state index in [1.807, 2.05) is 36.1 Å². The van der Waals surface area contributed by atoms with Crippen LogP contribution in [0.1, 0.15) is 5.56 Å². The molecule has 1 aromatic heterocycles. The minimum Gasteiger partial charge on any atom is -0.366 e. The summed E-state index contributed by atoms with van der Waals surface area (Å²) in [5, 5.41) is 6.19. The summed E-state index contributed by atoms with van der Waals surface area (Å²) in [7, 11) is 0. The number of para-hydroxylation sites is 1. The Bertz CT molecular complexity index is 971. The van der Waals surface area contributed by atoms with Gasteiger partial charge in [-0.05, 0) is 18.6 Å². The second-order valence-electron chi connectivity index (χ2n) is 7.05. The summed E-state index contributed by atoms with van der Waals surface area (Å²) in [6.07, 6.45) is -3.39. The first kappa shape index (κ1) is 22.1. The molecule has 0 spiro atoms. The molecule has 30 heavy (non-hydrogen) atoms. The van der Waals surface area contributed by atoms with Crippen LogP contribution in [0.2, 0.25) is 5.02 Å². The van der Waals surface area contributed by atoms with Gasteiger partial charge in [-0.1, -0.05) is 29.8 Å². The SMILES string of the molecule is Cc1ccccc1NC(=O)CN1CCN(c2cnn(CC(F)(F)F)c(=O)c2Cl)CC1. The van der Waals surface area contributed by atoms with Gasteiger partial charge in [0.2, 0.25) is 5.91 Å². The van der Waals surface area contributed by atoms with Crippen molar-refractivity contribution in [2.45, 2.75) is 19.6 Å². The van der Waals surface area contributed by atoms with Gasteiger partial charge in [0, 0.05) is 31.9 Å². The third-order valence-electron chi connectivity index (χ3n) is 4.79. The Morgan fingerprint density at radius 2 is 1.87 bits per heavy atom. The molecule has 0 radical (unpaired) electrons. The van der Waals surface area contributed by atoms with E-state index in [2.05, 4.69) is 10.4 Å². The van der Waals surface area contributed by atoms with Crippen LogP contribution in [0, 0.1) is 6.92 Å². The molecule has 2 heterocycles. The molecule has 1 aliphatic rings. The zero-order valence-corrected chi connectivity index (χ0v) is 17.0. The topological polar surface area (TPSA) is 70.5 Å². The molecular weight excluding hydrogens is 423 g/mol. The third kappa shape index (κ3) is 5.51. The van der Waals surface area contributed by atoms with E-state index in [0.717, 1.165) is 11.3 Å². The molecule has 0 saturated carbocycles. The minimum atomic E-state index is -4.56. The number of aromatic nitrogens is 2. The maximum Gasteiger partial charge on any atom is 0.408 e. The number of alkyl halides is 3. The predicted molar refractivity (Wildman–Crippen MR) is 108 cm³/mol. The molecule has 162 valence electrons. The quantitative estimate of drug-likeness (QED) is 0.769. The molecular formula is C19H21ClF3N5O2. The van der Waals surface area contributed by atoms with Gasteiger partial charge in [-0.15, -0.1) is 0 Å². The molecule has 0 bridgehead atoms. The molecule has 3 rings (SSSR count). The zero-order valence-electron chi connectivity index (χ0n) is 16.2. The number of carbonyl (C=O) groups is 1. The summed E-state index contributed by atoms with van der Waals surface area (Å²) in [4.78, 5) is 28.1. The molecule has 0 aliphatic carbocycles. The van der Waals surface area contributed by atoms with E-state index < -0.39 is 18.3 Å². The van der Waals surface area contributed by atoms with Crippen molar-refractivity contribution in [3.63, 3.8) is 0 Å². The van der Waals surface area contributed by atoms with Crippen LogP contribution < -0.4 is 15.8 Å². The van der Waals surface area contributed by atoms with Crippen molar-refractivity contribution in [2.75, 3.05) is 42.9 Å². The van der Waals surface area contributed by atoms with Crippen LogP contribution in [-0.2, 0) is 11.3 Å². The monoisotopic (exact) mass is 443 g/mol. The average Bonchev–Trinajstić information content (AvgIpc) is 2.67. The predicted octanol–water partition coefficient (Wildman–Crippen LogP) is 2.53. The largest absolute Gasteiger partial charge is 0.408 e. The Kier molecular flexibility index (Phi) is 6.67. The highest BCUT2D eigenvalue weighted by atomic mass is 35.5. The van der Waals surface area contributed by atoms with Gasteiger partial charge in [0.05, 0.1) is 18.4 Å². The number of piperazine rings is 1. The van der Waals surface area contributed by atoms with Crippen LogP contribution in [0.25, 0.3) is 0 Å². The normalized spacial score (nSPS) is 15.3. The number of carbonyl (C=O) groups excluding carboxylic acids is 1. The Hall–Kier alpha value is -2.59. The second kappa shape index (κ2) is 9.05. The van der Waals surface area contributed by atoms with Gasteiger partial charge < -0.3 is 10.2 Å². The lowest BCUT2D eigenvalue weighted by Gasteiger charge is -2.35. The summed E-state index contributed by atoms with van der Waals surface area (Å²) in [5.74, 6) is -0.132. The molecule has 1 aliphatic heterocycles. The molecule has 11 heteroatoms. The molecule has 1 fully saturated rings. The van der Waals surface area contributed by atoms with Crippen LogP contribution in [0.5, 0.6) is 0 Å². The van der Waals surface area contributed by atoms with Gasteiger partial charge in [-0.2, -0.15) is 18.3 Å². The van der Waals surface area contributed by atoms with Crippen molar-refractivity contribution in [3.8, 4) is 0 Å². The summed E-state index contributed by atoms with van der Waals surface area (Å²) < 4.78 is 37.9. The lowest BCUT2D eigenvalue weighted by molar-refractivity contribution is -0.143. The fraction of sp³-hybridized carbons (Fsp3) is 0.421. The summed E-state index contributed by atoms with van der Waals surface area (Å²) in [6.45, 7) is 2.61. The van der Waals surface area contributed by atoms with E-state index in [0.29, 0.717) is 36.5 Å². The lowest BCUT2D eigenvalue weighted by atomic mass is 10.2. The first-order valence-corrected chi connectivity index (χ1v) is 9.67. The van der Waals surface area contributed by atoms with Crippen molar-refractivity contribution in [1.29, 1.82) is 0 Å². The number of aryl methyl sites for hydroxylation is 1. The number of hydrogen-bond acceptors (Lipinski definition) is 5. The fourth-order valence-corrected chi connectivity index (χ4v) is 3.48. The molecule has 1 N–H and O–H groups in total. The van der Waals surface area contributed by atoms with Crippen LogP contribution in [0.3, 0.4) is 0 Å². The smallest absolute Gasteiger partial charge is 0.366 e. The van der Waals surface area contributed by atoms with Crippen molar-refractivity contribution < 1.29 is 18.0 Å². The standard InChI is InChI=1S/C19H21ClF3N5O2/c1-13-4-2-3-5-14(13)25-16(29)11-26-6-8-27(9-7-26)15-10-24-28(12-19(21,22)23)18(30)17(15)20/h2-5,10H,6-9,11-12H2,1H3,(H,25,29). The highest BCUT2D eigenvalue weighted by Gasteiger charge is 2.30. The van der Waals surface area contributed by atoms with E-state index in [1.54, 1.807) is 4.90 Å². The number of nitrogens with zero attached hydrogens (tertiary/aromatic N) is 4.